The summed E-state index contributed by atoms with van der Waals surface area (Å²) < 4.78 is 10.9. The first-order valence-electron chi connectivity index (χ1n) is 3.55. The fourth-order valence-corrected chi connectivity index (χ4v) is 2.71. The van der Waals surface area contributed by atoms with E-state index in [4.69, 9.17) is 0 Å². The lowest BCUT2D eigenvalue weighted by atomic mass is 10.0. The van der Waals surface area contributed by atoms with Crippen molar-refractivity contribution in [2.75, 3.05) is 11.5 Å². The molecule has 0 spiro atoms. The Labute approximate surface area is 63.5 Å². The predicted octanol–water partition coefficient (Wildman–Crippen LogP) is 0.734. The number of hydrogen-bond acceptors (Lipinski definition) is 2. The van der Waals surface area contributed by atoms with E-state index < -0.39 is 10.8 Å². The predicted molar refractivity (Wildman–Crippen MR) is 41.3 cm³/mol. The van der Waals surface area contributed by atoms with Crippen LogP contribution in [0, 0.1) is 5.92 Å². The molecule has 3 heteroatoms. The Hall–Kier alpha value is -0.180. The van der Waals surface area contributed by atoms with Gasteiger partial charge in [-0.1, -0.05) is 0 Å². The van der Waals surface area contributed by atoms with Gasteiger partial charge in [-0.15, -0.1) is 0 Å². The summed E-state index contributed by atoms with van der Waals surface area (Å²) in [7, 11) is -0.712. The van der Waals surface area contributed by atoms with Crippen molar-refractivity contribution >= 4 is 16.6 Å². The van der Waals surface area contributed by atoms with E-state index in [0.717, 1.165) is 18.6 Å². The van der Waals surface area contributed by atoms with Crippen LogP contribution in [-0.2, 0) is 15.6 Å². The molecule has 1 aliphatic rings. The van der Waals surface area contributed by atoms with E-state index >= 15 is 0 Å². The van der Waals surface area contributed by atoms with Crippen molar-refractivity contribution in [3.8, 4) is 0 Å². The van der Waals surface area contributed by atoms with Crippen LogP contribution < -0.4 is 0 Å². The van der Waals surface area contributed by atoms with Crippen molar-refractivity contribution in [1.82, 2.24) is 0 Å². The highest BCUT2D eigenvalue weighted by Gasteiger charge is 2.21. The molecule has 1 unspecified atom stereocenters. The number of rotatable bonds is 1. The number of ketones is 1. The fraction of sp³-hybridized carbons (Fsp3) is 0.857. The van der Waals surface area contributed by atoms with Gasteiger partial charge in [-0.25, -0.2) is 0 Å². The Kier molecular flexibility index (Phi) is 2.60. The molecule has 0 aliphatic carbocycles. The monoisotopic (exact) mass is 160 g/mol. The Morgan fingerprint density at radius 2 is 2.30 bits per heavy atom. The quantitative estimate of drug-likeness (QED) is 0.567. The van der Waals surface area contributed by atoms with Crippen LogP contribution in [0.25, 0.3) is 0 Å². The van der Waals surface area contributed by atoms with Crippen molar-refractivity contribution in [2.45, 2.75) is 19.8 Å². The summed E-state index contributed by atoms with van der Waals surface area (Å²) in [6.45, 7) is 1.59. The molecule has 1 aliphatic heterocycles. The average Bonchev–Trinajstić information content (AvgIpc) is 1.88. The van der Waals surface area contributed by atoms with Crippen LogP contribution in [-0.4, -0.2) is 21.5 Å². The molecule has 1 heterocycles. The van der Waals surface area contributed by atoms with Crippen molar-refractivity contribution in [2.24, 2.45) is 5.92 Å². The Morgan fingerprint density at radius 3 is 2.70 bits per heavy atom. The second-order valence-corrected chi connectivity index (χ2v) is 4.38. The van der Waals surface area contributed by atoms with Crippen LogP contribution in [0.4, 0.5) is 0 Å². The van der Waals surface area contributed by atoms with E-state index in [1.807, 2.05) is 0 Å². The van der Waals surface area contributed by atoms with Gasteiger partial charge in [0.1, 0.15) is 5.78 Å². The van der Waals surface area contributed by atoms with E-state index in [-0.39, 0.29) is 11.7 Å². The van der Waals surface area contributed by atoms with Crippen LogP contribution in [0.15, 0.2) is 0 Å². The molecule has 58 valence electrons. The van der Waals surface area contributed by atoms with E-state index in [2.05, 4.69) is 0 Å². The molecule has 1 saturated heterocycles. The SMILES string of the molecule is CC(=O)[C@H]1CCCS(=O)C1. The van der Waals surface area contributed by atoms with Gasteiger partial charge >= 0.3 is 0 Å². The maximum atomic E-state index is 10.9. The normalized spacial score (nSPS) is 33.7. The lowest BCUT2D eigenvalue weighted by Gasteiger charge is -2.17. The molecule has 0 aromatic heterocycles. The van der Waals surface area contributed by atoms with Crippen molar-refractivity contribution in [1.29, 1.82) is 0 Å². The fourth-order valence-electron chi connectivity index (χ4n) is 1.20. The summed E-state index contributed by atoms with van der Waals surface area (Å²) in [6.07, 6.45) is 1.90. The van der Waals surface area contributed by atoms with Crippen molar-refractivity contribution in [3.05, 3.63) is 0 Å². The highest BCUT2D eigenvalue weighted by Crippen LogP contribution is 2.15. The molecule has 10 heavy (non-hydrogen) atoms. The summed E-state index contributed by atoms with van der Waals surface area (Å²) in [5.74, 6) is 1.70. The zero-order valence-electron chi connectivity index (χ0n) is 6.13. The minimum Gasteiger partial charge on any atom is -0.300 e. The molecule has 1 rings (SSSR count). The summed E-state index contributed by atoms with van der Waals surface area (Å²) in [5, 5.41) is 0. The minimum atomic E-state index is -0.712. The third-order valence-electron chi connectivity index (χ3n) is 1.89. The van der Waals surface area contributed by atoms with Gasteiger partial charge in [-0.05, 0) is 19.8 Å². The van der Waals surface area contributed by atoms with Crippen LogP contribution >= 0.6 is 0 Å². The molecule has 0 saturated carbocycles. The van der Waals surface area contributed by atoms with Gasteiger partial charge in [0.15, 0.2) is 0 Å². The summed E-state index contributed by atoms with van der Waals surface area (Å²) >= 11 is 0. The highest BCUT2D eigenvalue weighted by molar-refractivity contribution is 7.85. The number of carbonyl (C=O) groups is 1. The smallest absolute Gasteiger partial charge is 0.133 e. The van der Waals surface area contributed by atoms with Gasteiger partial charge < -0.3 is 0 Å². The van der Waals surface area contributed by atoms with E-state index in [0.29, 0.717) is 5.75 Å². The molecule has 0 aromatic rings. The first-order valence-corrected chi connectivity index (χ1v) is 5.04. The van der Waals surface area contributed by atoms with Gasteiger partial charge in [0, 0.05) is 28.2 Å². The Balaban J connectivity index is 2.47. The maximum absolute atomic E-state index is 10.9. The molecule has 2 nitrogen and oxygen atoms in total. The molecule has 1 fully saturated rings. The Bertz CT molecular complexity index is 163. The van der Waals surface area contributed by atoms with Crippen LogP contribution in [0.3, 0.4) is 0 Å². The number of Topliss-reactive ketones (excluding diaryl/α,β-unsaturated/α-hetero) is 1. The first kappa shape index (κ1) is 7.92. The lowest BCUT2D eigenvalue weighted by molar-refractivity contribution is -0.120. The van der Waals surface area contributed by atoms with Gasteiger partial charge in [-0.3, -0.25) is 9.00 Å². The van der Waals surface area contributed by atoms with Gasteiger partial charge in [0.05, 0.1) is 0 Å². The van der Waals surface area contributed by atoms with Crippen molar-refractivity contribution in [3.63, 3.8) is 0 Å². The Morgan fingerprint density at radius 1 is 1.60 bits per heavy atom. The van der Waals surface area contributed by atoms with Gasteiger partial charge in [0.25, 0.3) is 0 Å². The van der Waals surface area contributed by atoms with E-state index in [1.165, 1.54) is 0 Å². The molecule has 0 amide bonds. The summed E-state index contributed by atoms with van der Waals surface area (Å²) in [5.41, 5.74) is 0. The summed E-state index contributed by atoms with van der Waals surface area (Å²) in [4.78, 5) is 10.8. The van der Waals surface area contributed by atoms with Gasteiger partial charge in [0.2, 0.25) is 0 Å². The molecule has 0 N–H and O–H groups in total. The second kappa shape index (κ2) is 3.28. The third kappa shape index (κ3) is 1.90. The molecule has 2 atom stereocenters. The average molecular weight is 160 g/mol. The molecule has 0 radical (unpaired) electrons. The third-order valence-corrected chi connectivity index (χ3v) is 3.40. The molecule has 0 bridgehead atoms. The molecule has 0 aromatic carbocycles. The zero-order valence-corrected chi connectivity index (χ0v) is 6.95. The van der Waals surface area contributed by atoms with Crippen LogP contribution in [0.1, 0.15) is 19.8 Å². The highest BCUT2D eigenvalue weighted by atomic mass is 32.2. The van der Waals surface area contributed by atoms with Crippen LogP contribution in [0.5, 0.6) is 0 Å². The number of hydrogen-bond donors (Lipinski definition) is 0. The van der Waals surface area contributed by atoms with Crippen molar-refractivity contribution < 1.29 is 9.00 Å². The largest absolute Gasteiger partial charge is 0.300 e. The lowest BCUT2D eigenvalue weighted by Crippen LogP contribution is -2.25. The minimum absolute atomic E-state index is 0.0922. The standard InChI is InChI=1S/C7H12O2S/c1-6(8)7-3-2-4-10(9)5-7/h7H,2-5H2,1H3/t7-,10?/m0/s1. The maximum Gasteiger partial charge on any atom is 0.133 e. The van der Waals surface area contributed by atoms with E-state index in [9.17, 15) is 9.00 Å². The zero-order chi connectivity index (χ0) is 7.56. The summed E-state index contributed by atoms with van der Waals surface area (Å²) in [6, 6.07) is 0. The molecular formula is C7H12O2S. The molecular weight excluding hydrogens is 148 g/mol. The topological polar surface area (TPSA) is 34.1 Å². The first-order chi connectivity index (χ1) is 4.70. The van der Waals surface area contributed by atoms with Crippen LogP contribution in [0.2, 0.25) is 0 Å². The van der Waals surface area contributed by atoms with E-state index in [1.54, 1.807) is 6.92 Å². The second-order valence-electron chi connectivity index (χ2n) is 2.76. The number of carbonyl (C=O) groups excluding carboxylic acids is 1. The van der Waals surface area contributed by atoms with Gasteiger partial charge in [-0.2, -0.15) is 0 Å².